The Labute approximate surface area is 224 Å². The van der Waals surface area contributed by atoms with Crippen LogP contribution in [-0.2, 0) is 19.9 Å². The highest BCUT2D eigenvalue weighted by atomic mass is 16.6. The summed E-state index contributed by atoms with van der Waals surface area (Å²) in [4.78, 5) is 26.3. The molecule has 1 amide bonds. The second-order valence-electron chi connectivity index (χ2n) is 10.3. The molecule has 1 aliphatic heterocycles. The summed E-state index contributed by atoms with van der Waals surface area (Å²) >= 11 is 0. The number of aliphatic hydroxyl groups is 1. The third-order valence-electron chi connectivity index (χ3n) is 6.92. The highest BCUT2D eigenvalue weighted by Gasteiger charge is 2.46. The van der Waals surface area contributed by atoms with Crippen LogP contribution in [0.25, 0.3) is 11.1 Å². The van der Waals surface area contributed by atoms with Gasteiger partial charge in [0, 0.05) is 19.4 Å². The smallest absolute Gasteiger partial charge is 0.411 e. The Balaban J connectivity index is 1.45. The van der Waals surface area contributed by atoms with Crippen LogP contribution in [0.4, 0.5) is 4.79 Å². The molecular formula is C31H35NO6. The summed E-state index contributed by atoms with van der Waals surface area (Å²) in [5.74, 6) is 0.156. The van der Waals surface area contributed by atoms with Gasteiger partial charge in [0.15, 0.2) is 6.61 Å². The SMILES string of the molecule is COC(=O)COc1ccc(-c2ccc(C(C)N3CCC(CC(C)(C)O)(c4ccccc4)OC3=O)cc2)cc1. The molecule has 2 atom stereocenters. The molecule has 0 spiro atoms. The maximum absolute atomic E-state index is 13.3. The van der Waals surface area contributed by atoms with Gasteiger partial charge in [0.05, 0.1) is 18.8 Å². The zero-order chi connectivity index (χ0) is 27.3. The van der Waals surface area contributed by atoms with Gasteiger partial charge >= 0.3 is 12.1 Å². The lowest BCUT2D eigenvalue weighted by Crippen LogP contribution is -2.51. The predicted molar refractivity (Wildman–Crippen MR) is 145 cm³/mol. The van der Waals surface area contributed by atoms with Crippen LogP contribution in [0.15, 0.2) is 78.9 Å². The lowest BCUT2D eigenvalue weighted by molar-refractivity contribution is -0.142. The van der Waals surface area contributed by atoms with Crippen molar-refractivity contribution in [1.29, 1.82) is 0 Å². The molecule has 4 rings (SSSR count). The van der Waals surface area contributed by atoms with Crippen molar-refractivity contribution in [2.45, 2.75) is 50.9 Å². The fourth-order valence-corrected chi connectivity index (χ4v) is 4.97. The molecule has 0 aliphatic carbocycles. The Kier molecular flexibility index (Phi) is 8.07. The van der Waals surface area contributed by atoms with Gasteiger partial charge < -0.3 is 24.2 Å². The van der Waals surface area contributed by atoms with E-state index >= 15 is 0 Å². The fourth-order valence-electron chi connectivity index (χ4n) is 4.97. The molecule has 0 bridgehead atoms. The van der Waals surface area contributed by atoms with Crippen LogP contribution in [0.2, 0.25) is 0 Å². The number of ether oxygens (including phenoxy) is 3. The first-order valence-corrected chi connectivity index (χ1v) is 12.8. The van der Waals surface area contributed by atoms with E-state index in [9.17, 15) is 14.7 Å². The summed E-state index contributed by atoms with van der Waals surface area (Å²) in [5, 5.41) is 10.6. The Morgan fingerprint density at radius 2 is 1.63 bits per heavy atom. The Hall–Kier alpha value is -3.84. The summed E-state index contributed by atoms with van der Waals surface area (Å²) in [6, 6.07) is 25.1. The molecule has 1 heterocycles. The van der Waals surface area contributed by atoms with Crippen LogP contribution in [0.1, 0.15) is 50.8 Å². The molecule has 0 saturated carbocycles. The van der Waals surface area contributed by atoms with E-state index < -0.39 is 17.2 Å². The van der Waals surface area contributed by atoms with Gasteiger partial charge in [-0.2, -0.15) is 0 Å². The van der Waals surface area contributed by atoms with E-state index in [1.807, 2.05) is 85.8 Å². The van der Waals surface area contributed by atoms with Gasteiger partial charge in [-0.15, -0.1) is 0 Å². The van der Waals surface area contributed by atoms with Crippen molar-refractivity contribution in [3.63, 3.8) is 0 Å². The number of rotatable bonds is 9. The Morgan fingerprint density at radius 1 is 1.03 bits per heavy atom. The Bertz CT molecular complexity index is 1230. The summed E-state index contributed by atoms with van der Waals surface area (Å²) in [7, 11) is 1.32. The first kappa shape index (κ1) is 27.2. The van der Waals surface area contributed by atoms with Crippen LogP contribution < -0.4 is 4.74 Å². The second kappa shape index (κ2) is 11.3. The lowest BCUT2D eigenvalue weighted by atomic mass is 9.80. The van der Waals surface area contributed by atoms with Gasteiger partial charge in [0.2, 0.25) is 0 Å². The average Bonchev–Trinajstić information content (AvgIpc) is 2.91. The fraction of sp³-hybridized carbons (Fsp3) is 0.355. The highest BCUT2D eigenvalue weighted by Crippen LogP contribution is 2.42. The molecule has 3 aromatic carbocycles. The van der Waals surface area contributed by atoms with Gasteiger partial charge in [-0.05, 0) is 55.2 Å². The molecular weight excluding hydrogens is 482 g/mol. The molecule has 7 heteroatoms. The first-order chi connectivity index (χ1) is 18.1. The molecule has 0 radical (unpaired) electrons. The van der Waals surface area contributed by atoms with Gasteiger partial charge in [0.25, 0.3) is 0 Å². The van der Waals surface area contributed by atoms with E-state index in [1.54, 1.807) is 18.7 Å². The number of cyclic esters (lactones) is 1. The minimum atomic E-state index is -0.995. The van der Waals surface area contributed by atoms with Gasteiger partial charge in [-0.25, -0.2) is 9.59 Å². The van der Waals surface area contributed by atoms with Gasteiger partial charge in [-0.1, -0.05) is 66.7 Å². The summed E-state index contributed by atoms with van der Waals surface area (Å²) in [6.45, 7) is 5.86. The molecule has 7 nitrogen and oxygen atoms in total. The minimum absolute atomic E-state index is 0.133. The van der Waals surface area contributed by atoms with E-state index in [4.69, 9.17) is 9.47 Å². The van der Waals surface area contributed by atoms with Crippen molar-refractivity contribution in [1.82, 2.24) is 4.90 Å². The third-order valence-corrected chi connectivity index (χ3v) is 6.92. The molecule has 3 aromatic rings. The Morgan fingerprint density at radius 3 is 2.18 bits per heavy atom. The van der Waals surface area contributed by atoms with E-state index in [-0.39, 0.29) is 18.7 Å². The van der Waals surface area contributed by atoms with Gasteiger partial charge in [0.1, 0.15) is 11.4 Å². The lowest BCUT2D eigenvalue weighted by Gasteiger charge is -2.45. The maximum Gasteiger partial charge on any atom is 0.411 e. The largest absolute Gasteiger partial charge is 0.482 e. The van der Waals surface area contributed by atoms with Crippen LogP contribution >= 0.6 is 0 Å². The van der Waals surface area contributed by atoms with E-state index in [0.717, 1.165) is 22.3 Å². The number of carbonyl (C=O) groups excluding carboxylic acids is 2. The van der Waals surface area contributed by atoms with Crippen LogP contribution in [-0.4, -0.2) is 47.9 Å². The molecule has 1 fully saturated rings. The number of methoxy groups -OCH3 is 1. The topological polar surface area (TPSA) is 85.3 Å². The summed E-state index contributed by atoms with van der Waals surface area (Å²) in [6.07, 6.45) is 0.516. The van der Waals surface area contributed by atoms with Crippen molar-refractivity contribution < 1.29 is 28.9 Å². The van der Waals surface area contributed by atoms with E-state index in [2.05, 4.69) is 4.74 Å². The first-order valence-electron chi connectivity index (χ1n) is 12.8. The number of benzene rings is 3. The van der Waals surface area contributed by atoms with Crippen LogP contribution in [0.3, 0.4) is 0 Å². The standard InChI is InChI=1S/C31H35NO6/c1-22(23-10-12-24(13-11-23)25-14-16-27(17-15-25)37-20-28(33)36-4)32-19-18-31(38-29(32)34,21-30(2,3)35)26-8-6-5-7-9-26/h5-17,22,35H,18-21H2,1-4H3. The molecule has 1 aliphatic rings. The number of esters is 1. The molecule has 38 heavy (non-hydrogen) atoms. The monoisotopic (exact) mass is 517 g/mol. The molecule has 0 aromatic heterocycles. The zero-order valence-electron chi connectivity index (χ0n) is 22.3. The molecule has 200 valence electrons. The van der Waals surface area contributed by atoms with Crippen molar-refractivity contribution in [2.75, 3.05) is 20.3 Å². The number of nitrogens with zero attached hydrogens (tertiary/aromatic N) is 1. The quantitative estimate of drug-likeness (QED) is 0.358. The van der Waals surface area contributed by atoms with Crippen molar-refractivity contribution >= 4 is 12.1 Å². The second-order valence-corrected chi connectivity index (χ2v) is 10.3. The van der Waals surface area contributed by atoms with E-state index in [1.165, 1.54) is 7.11 Å². The predicted octanol–water partition coefficient (Wildman–Crippen LogP) is 5.87. The number of amides is 1. The average molecular weight is 518 g/mol. The molecule has 1 saturated heterocycles. The van der Waals surface area contributed by atoms with Crippen LogP contribution in [0, 0.1) is 0 Å². The van der Waals surface area contributed by atoms with E-state index in [0.29, 0.717) is 25.1 Å². The highest BCUT2D eigenvalue weighted by molar-refractivity contribution is 5.71. The van der Waals surface area contributed by atoms with Crippen molar-refractivity contribution in [3.8, 4) is 16.9 Å². The number of carbonyl (C=O) groups is 2. The van der Waals surface area contributed by atoms with Crippen molar-refractivity contribution in [2.24, 2.45) is 0 Å². The van der Waals surface area contributed by atoms with Crippen molar-refractivity contribution in [3.05, 3.63) is 90.0 Å². The minimum Gasteiger partial charge on any atom is -0.482 e. The number of hydrogen-bond donors (Lipinski definition) is 1. The third kappa shape index (κ3) is 6.34. The van der Waals surface area contributed by atoms with Gasteiger partial charge in [-0.3, -0.25) is 0 Å². The summed E-state index contributed by atoms with van der Waals surface area (Å²) < 4.78 is 16.1. The molecule has 1 N–H and O–H groups in total. The normalized spacial score (nSPS) is 18.4. The zero-order valence-corrected chi connectivity index (χ0v) is 22.3. The van der Waals surface area contributed by atoms with Crippen LogP contribution in [0.5, 0.6) is 5.75 Å². The number of hydrogen-bond acceptors (Lipinski definition) is 6. The summed E-state index contributed by atoms with van der Waals surface area (Å²) in [5.41, 5.74) is 2.06. The molecule has 2 unspecified atom stereocenters. The maximum atomic E-state index is 13.3.